The van der Waals surface area contributed by atoms with Gasteiger partial charge in [-0.3, -0.25) is 0 Å². The number of aromatic nitrogens is 1. The van der Waals surface area contributed by atoms with E-state index < -0.39 is 29.5 Å². The first-order chi connectivity index (χ1) is 12.4. The molecule has 0 aliphatic carbocycles. The van der Waals surface area contributed by atoms with Gasteiger partial charge in [-0.2, -0.15) is 10.5 Å². The highest BCUT2D eigenvalue weighted by atomic mass is 32.2. The van der Waals surface area contributed by atoms with Crippen molar-refractivity contribution in [1.82, 2.24) is 3.97 Å². The standard InChI is InChI=1S/C18H17N3O4S2/c1-18(2,3)26(22,23)17(13-20)11-15-7-5-9-21(15)27(24,25)16-8-4-6-14(10-16)12-19/h4-11H,1-3H3/b17-11+. The van der Waals surface area contributed by atoms with Crippen LogP contribution in [0.2, 0.25) is 0 Å². The van der Waals surface area contributed by atoms with Gasteiger partial charge in [0.05, 0.1) is 27.0 Å². The number of sulfone groups is 1. The maximum Gasteiger partial charge on any atom is 0.268 e. The highest BCUT2D eigenvalue weighted by molar-refractivity contribution is 7.97. The highest BCUT2D eigenvalue weighted by Crippen LogP contribution is 2.26. The third-order valence-electron chi connectivity index (χ3n) is 3.75. The van der Waals surface area contributed by atoms with E-state index in [9.17, 15) is 22.1 Å². The van der Waals surface area contributed by atoms with Crippen LogP contribution < -0.4 is 0 Å². The van der Waals surface area contributed by atoms with E-state index in [1.807, 2.05) is 6.07 Å². The topological polar surface area (TPSA) is 121 Å². The van der Waals surface area contributed by atoms with Crippen molar-refractivity contribution in [2.24, 2.45) is 0 Å². The summed E-state index contributed by atoms with van der Waals surface area (Å²) in [6.45, 7) is 4.37. The SMILES string of the molecule is CC(C)(C)S(=O)(=O)/C(C#N)=C/c1cccn1S(=O)(=O)c1cccc(C#N)c1. The Hall–Kier alpha value is -2.88. The summed E-state index contributed by atoms with van der Waals surface area (Å²) in [5, 5.41) is 18.3. The lowest BCUT2D eigenvalue weighted by Crippen LogP contribution is -2.28. The van der Waals surface area contributed by atoms with E-state index in [1.165, 1.54) is 63.4 Å². The molecule has 0 saturated carbocycles. The van der Waals surface area contributed by atoms with E-state index in [4.69, 9.17) is 5.26 Å². The monoisotopic (exact) mass is 403 g/mol. The molecule has 0 bridgehead atoms. The molecule has 0 spiro atoms. The van der Waals surface area contributed by atoms with Crippen LogP contribution in [0.5, 0.6) is 0 Å². The molecule has 27 heavy (non-hydrogen) atoms. The fourth-order valence-corrected chi connectivity index (χ4v) is 4.61. The number of nitrogens with zero attached hydrogens (tertiary/aromatic N) is 3. The molecule has 0 aliphatic rings. The van der Waals surface area contributed by atoms with Gasteiger partial charge in [-0.05, 0) is 57.2 Å². The van der Waals surface area contributed by atoms with Crippen molar-refractivity contribution in [2.75, 3.05) is 0 Å². The average molecular weight is 403 g/mol. The first-order valence-corrected chi connectivity index (χ1v) is 10.7. The molecule has 1 heterocycles. The molecule has 2 rings (SSSR count). The van der Waals surface area contributed by atoms with Gasteiger partial charge in [0.1, 0.15) is 11.0 Å². The van der Waals surface area contributed by atoms with Crippen molar-refractivity contribution in [2.45, 2.75) is 30.4 Å². The number of benzene rings is 1. The second-order valence-electron chi connectivity index (χ2n) is 6.61. The van der Waals surface area contributed by atoms with Crippen molar-refractivity contribution in [1.29, 1.82) is 10.5 Å². The molecule has 9 heteroatoms. The second kappa shape index (κ2) is 7.03. The number of hydrogen-bond donors (Lipinski definition) is 0. The van der Waals surface area contributed by atoms with Gasteiger partial charge in [0.2, 0.25) is 0 Å². The van der Waals surface area contributed by atoms with E-state index in [0.717, 1.165) is 10.0 Å². The van der Waals surface area contributed by atoms with E-state index in [2.05, 4.69) is 0 Å². The Morgan fingerprint density at radius 2 is 1.74 bits per heavy atom. The second-order valence-corrected chi connectivity index (χ2v) is 11.1. The van der Waals surface area contributed by atoms with Crippen LogP contribution in [0.25, 0.3) is 6.08 Å². The van der Waals surface area contributed by atoms with Crippen LogP contribution in [0.4, 0.5) is 0 Å². The largest absolute Gasteiger partial charge is 0.268 e. The zero-order valence-corrected chi connectivity index (χ0v) is 16.5. The molecule has 0 atom stereocenters. The van der Waals surface area contributed by atoms with Crippen molar-refractivity contribution in [3.05, 3.63) is 58.8 Å². The quantitative estimate of drug-likeness (QED) is 0.724. The Morgan fingerprint density at radius 1 is 1.07 bits per heavy atom. The van der Waals surface area contributed by atoms with Crippen molar-refractivity contribution in [3.63, 3.8) is 0 Å². The summed E-state index contributed by atoms with van der Waals surface area (Å²) in [6.07, 6.45) is 2.28. The molecule has 0 N–H and O–H groups in total. The summed E-state index contributed by atoms with van der Waals surface area (Å²) < 4.78 is 50.5. The van der Waals surface area contributed by atoms with E-state index >= 15 is 0 Å². The molecule has 0 amide bonds. The van der Waals surface area contributed by atoms with Crippen LogP contribution in [-0.4, -0.2) is 25.6 Å². The molecule has 1 aromatic heterocycles. The molecule has 0 saturated heterocycles. The highest BCUT2D eigenvalue weighted by Gasteiger charge is 2.33. The smallest absolute Gasteiger partial charge is 0.242 e. The van der Waals surface area contributed by atoms with Gasteiger partial charge in [0, 0.05) is 6.20 Å². The van der Waals surface area contributed by atoms with Crippen LogP contribution in [0, 0.1) is 22.7 Å². The van der Waals surface area contributed by atoms with Crippen LogP contribution in [0.15, 0.2) is 52.4 Å². The van der Waals surface area contributed by atoms with Crippen molar-refractivity contribution < 1.29 is 16.8 Å². The van der Waals surface area contributed by atoms with Crippen LogP contribution in [0.1, 0.15) is 32.0 Å². The Labute approximate surface area is 158 Å². The lowest BCUT2D eigenvalue weighted by Gasteiger charge is -2.18. The van der Waals surface area contributed by atoms with Gasteiger partial charge in [-0.15, -0.1) is 0 Å². The summed E-state index contributed by atoms with van der Waals surface area (Å²) in [7, 11) is -8.03. The lowest BCUT2D eigenvalue weighted by atomic mass is 10.2. The van der Waals surface area contributed by atoms with Gasteiger partial charge < -0.3 is 0 Å². The summed E-state index contributed by atoms with van der Waals surface area (Å²) in [5.74, 6) is 0. The Bertz CT molecular complexity index is 1200. The minimum atomic E-state index is -4.08. The van der Waals surface area contributed by atoms with Crippen molar-refractivity contribution in [3.8, 4) is 12.1 Å². The molecule has 7 nitrogen and oxygen atoms in total. The van der Waals surface area contributed by atoms with E-state index in [-0.39, 0.29) is 16.2 Å². The van der Waals surface area contributed by atoms with Crippen LogP contribution in [0.3, 0.4) is 0 Å². The first-order valence-electron chi connectivity index (χ1n) is 7.74. The molecule has 0 radical (unpaired) electrons. The molecule has 2 aromatic rings. The molecule has 0 aliphatic heterocycles. The molecular weight excluding hydrogens is 386 g/mol. The maximum atomic E-state index is 12.9. The molecule has 0 unspecified atom stereocenters. The third-order valence-corrected chi connectivity index (χ3v) is 7.85. The van der Waals surface area contributed by atoms with Gasteiger partial charge in [0.15, 0.2) is 9.84 Å². The Morgan fingerprint density at radius 3 is 2.30 bits per heavy atom. The van der Waals surface area contributed by atoms with E-state index in [1.54, 1.807) is 6.07 Å². The lowest BCUT2D eigenvalue weighted by molar-refractivity contribution is 0.568. The van der Waals surface area contributed by atoms with Crippen LogP contribution in [-0.2, 0) is 19.9 Å². The fraction of sp³-hybridized carbons (Fsp3) is 0.222. The van der Waals surface area contributed by atoms with Crippen LogP contribution >= 0.6 is 0 Å². The number of rotatable bonds is 4. The number of nitriles is 2. The molecule has 0 fully saturated rings. The normalized spacial score (nSPS) is 13.0. The summed E-state index contributed by atoms with van der Waals surface area (Å²) >= 11 is 0. The molecular formula is C18H17N3O4S2. The van der Waals surface area contributed by atoms with Gasteiger partial charge >= 0.3 is 0 Å². The molecule has 140 valence electrons. The minimum absolute atomic E-state index is 0.0155. The van der Waals surface area contributed by atoms with Gasteiger partial charge in [0.25, 0.3) is 10.0 Å². The third kappa shape index (κ3) is 3.80. The fourth-order valence-electron chi connectivity index (χ4n) is 2.18. The van der Waals surface area contributed by atoms with Crippen molar-refractivity contribution >= 4 is 25.9 Å². The summed E-state index contributed by atoms with van der Waals surface area (Å²) in [5.41, 5.74) is 0.190. The van der Waals surface area contributed by atoms with Gasteiger partial charge in [-0.25, -0.2) is 20.8 Å². The number of hydrogen-bond acceptors (Lipinski definition) is 6. The predicted molar refractivity (Wildman–Crippen MR) is 100 cm³/mol. The summed E-state index contributed by atoms with van der Waals surface area (Å²) in [4.78, 5) is -0.652. The Kier molecular flexibility index (Phi) is 5.32. The average Bonchev–Trinajstić information content (AvgIpc) is 3.07. The zero-order chi connectivity index (χ0) is 20.5. The first kappa shape index (κ1) is 20.4. The van der Waals surface area contributed by atoms with E-state index in [0.29, 0.717) is 0 Å². The maximum absolute atomic E-state index is 12.9. The van der Waals surface area contributed by atoms with Gasteiger partial charge in [-0.1, -0.05) is 6.07 Å². The zero-order valence-electron chi connectivity index (χ0n) is 14.9. The molecule has 1 aromatic carbocycles. The Balaban J connectivity index is 2.65. The summed E-state index contributed by atoms with van der Waals surface area (Å²) in [6, 6.07) is 11.8. The predicted octanol–water partition coefficient (Wildman–Crippen LogP) is 2.67. The minimum Gasteiger partial charge on any atom is -0.242 e. The number of allylic oxidation sites excluding steroid dienone is 1.